The van der Waals surface area contributed by atoms with Crippen LogP contribution in [0.3, 0.4) is 0 Å². The Bertz CT molecular complexity index is 566. The summed E-state index contributed by atoms with van der Waals surface area (Å²) in [5, 5.41) is 5.93. The summed E-state index contributed by atoms with van der Waals surface area (Å²) in [6, 6.07) is 3.83. The molecule has 2 N–H and O–H groups in total. The lowest BCUT2D eigenvalue weighted by Gasteiger charge is -2.23. The largest absolute Gasteiger partial charge is 0.351 e. The lowest BCUT2D eigenvalue weighted by Crippen LogP contribution is -2.47. The molecule has 0 saturated carbocycles. The SMILES string of the molecule is CCc1ccc(CNC(=O)CC2CS(=O)(=O)CCN2)s1. The fraction of sp³-hybridized carbons (Fsp3) is 0.615. The van der Waals surface area contributed by atoms with Crippen molar-refractivity contribution in [1.29, 1.82) is 0 Å². The van der Waals surface area contributed by atoms with Gasteiger partial charge in [-0.3, -0.25) is 4.79 Å². The minimum atomic E-state index is -2.99. The van der Waals surface area contributed by atoms with Crippen LogP contribution in [0.25, 0.3) is 0 Å². The van der Waals surface area contributed by atoms with Gasteiger partial charge in [0.15, 0.2) is 9.84 Å². The molecule has 1 unspecified atom stereocenters. The van der Waals surface area contributed by atoms with Crippen LogP contribution in [0, 0.1) is 0 Å². The number of hydrogen-bond donors (Lipinski definition) is 2. The zero-order valence-electron chi connectivity index (χ0n) is 11.5. The summed E-state index contributed by atoms with van der Waals surface area (Å²) < 4.78 is 23.0. The Hall–Kier alpha value is -0.920. The highest BCUT2D eigenvalue weighted by Gasteiger charge is 2.25. The molecule has 1 saturated heterocycles. The number of rotatable bonds is 5. The number of carbonyl (C=O) groups excluding carboxylic acids is 1. The molecule has 20 heavy (non-hydrogen) atoms. The maximum Gasteiger partial charge on any atom is 0.221 e. The van der Waals surface area contributed by atoms with E-state index in [-0.39, 0.29) is 29.9 Å². The van der Waals surface area contributed by atoms with Gasteiger partial charge in [-0.05, 0) is 18.6 Å². The van der Waals surface area contributed by atoms with E-state index in [1.807, 2.05) is 6.07 Å². The fourth-order valence-electron chi connectivity index (χ4n) is 2.19. The minimum absolute atomic E-state index is 0.0550. The van der Waals surface area contributed by atoms with Crippen LogP contribution in [0.1, 0.15) is 23.1 Å². The van der Waals surface area contributed by atoms with E-state index >= 15 is 0 Å². The molecule has 1 aliphatic rings. The number of nitrogens with one attached hydrogen (secondary N) is 2. The number of hydrogen-bond acceptors (Lipinski definition) is 5. The summed E-state index contributed by atoms with van der Waals surface area (Å²) in [7, 11) is -2.99. The molecule has 1 fully saturated rings. The number of aryl methyl sites for hydroxylation is 1. The monoisotopic (exact) mass is 316 g/mol. The Labute approximate surface area is 123 Å². The van der Waals surface area contributed by atoms with Gasteiger partial charge in [-0.15, -0.1) is 11.3 Å². The third-order valence-electron chi connectivity index (χ3n) is 3.26. The van der Waals surface area contributed by atoms with Gasteiger partial charge in [-0.1, -0.05) is 6.92 Å². The molecule has 7 heteroatoms. The summed E-state index contributed by atoms with van der Waals surface area (Å²) in [6.07, 6.45) is 1.22. The van der Waals surface area contributed by atoms with Crippen molar-refractivity contribution in [2.75, 3.05) is 18.1 Å². The van der Waals surface area contributed by atoms with Crippen molar-refractivity contribution in [3.8, 4) is 0 Å². The molecule has 2 heterocycles. The molecule has 0 aromatic carbocycles. The number of carbonyl (C=O) groups is 1. The molecule has 5 nitrogen and oxygen atoms in total. The predicted octanol–water partition coefficient (Wildman–Crippen LogP) is 0.703. The molecule has 112 valence electrons. The van der Waals surface area contributed by atoms with E-state index in [2.05, 4.69) is 23.6 Å². The molecule has 1 aromatic heterocycles. The van der Waals surface area contributed by atoms with Crippen molar-refractivity contribution < 1.29 is 13.2 Å². The Balaban J connectivity index is 1.77. The molecule has 0 radical (unpaired) electrons. The third-order valence-corrected chi connectivity index (χ3v) is 6.22. The lowest BCUT2D eigenvalue weighted by atomic mass is 10.2. The van der Waals surface area contributed by atoms with Crippen LogP contribution in [-0.2, 0) is 27.6 Å². The van der Waals surface area contributed by atoms with E-state index in [4.69, 9.17) is 0 Å². The van der Waals surface area contributed by atoms with Crippen molar-refractivity contribution in [2.45, 2.75) is 32.4 Å². The Kier molecular flexibility index (Phi) is 5.17. The molecule has 0 aliphatic carbocycles. The lowest BCUT2D eigenvalue weighted by molar-refractivity contribution is -0.121. The smallest absolute Gasteiger partial charge is 0.221 e. The Morgan fingerprint density at radius 1 is 1.45 bits per heavy atom. The van der Waals surface area contributed by atoms with Crippen molar-refractivity contribution in [1.82, 2.24) is 10.6 Å². The second-order valence-electron chi connectivity index (χ2n) is 4.97. The van der Waals surface area contributed by atoms with Crippen LogP contribution >= 0.6 is 11.3 Å². The summed E-state index contributed by atoms with van der Waals surface area (Å²) in [4.78, 5) is 14.3. The first-order valence-electron chi connectivity index (χ1n) is 6.76. The van der Waals surface area contributed by atoms with Gasteiger partial charge in [0, 0.05) is 28.8 Å². The van der Waals surface area contributed by atoms with Gasteiger partial charge < -0.3 is 10.6 Å². The van der Waals surface area contributed by atoms with Crippen LogP contribution in [0.2, 0.25) is 0 Å². The number of thiophene rings is 1. The number of amides is 1. The van der Waals surface area contributed by atoms with E-state index in [0.29, 0.717) is 13.1 Å². The quantitative estimate of drug-likeness (QED) is 0.839. The van der Waals surface area contributed by atoms with Gasteiger partial charge in [0.1, 0.15) is 0 Å². The summed E-state index contributed by atoms with van der Waals surface area (Å²) in [6.45, 7) is 3.05. The topological polar surface area (TPSA) is 75.3 Å². The highest BCUT2D eigenvalue weighted by atomic mass is 32.2. The highest BCUT2D eigenvalue weighted by molar-refractivity contribution is 7.91. The standard InChI is InChI=1S/C13H20N2O3S2/c1-2-11-3-4-12(19-11)8-15-13(16)7-10-9-20(17,18)6-5-14-10/h3-4,10,14H,2,5-9H2,1H3,(H,15,16). The van der Waals surface area contributed by atoms with Crippen LogP contribution in [0.5, 0.6) is 0 Å². The Morgan fingerprint density at radius 2 is 2.20 bits per heavy atom. The first-order chi connectivity index (χ1) is 9.48. The molecule has 1 amide bonds. The van der Waals surface area contributed by atoms with Gasteiger partial charge in [-0.2, -0.15) is 0 Å². The fourth-order valence-corrected chi connectivity index (χ4v) is 4.53. The van der Waals surface area contributed by atoms with E-state index in [0.717, 1.165) is 11.3 Å². The first-order valence-corrected chi connectivity index (χ1v) is 9.40. The molecule has 0 bridgehead atoms. The molecule has 2 rings (SSSR count). The second kappa shape index (κ2) is 6.69. The van der Waals surface area contributed by atoms with Crippen LogP contribution in [-0.4, -0.2) is 38.4 Å². The third kappa shape index (κ3) is 4.57. The summed E-state index contributed by atoms with van der Waals surface area (Å²) in [5.41, 5.74) is 0. The average molecular weight is 316 g/mol. The molecular formula is C13H20N2O3S2. The minimum Gasteiger partial charge on any atom is -0.351 e. The van der Waals surface area contributed by atoms with E-state index < -0.39 is 9.84 Å². The first kappa shape index (κ1) is 15.5. The van der Waals surface area contributed by atoms with Gasteiger partial charge in [-0.25, -0.2) is 8.42 Å². The predicted molar refractivity (Wildman–Crippen MR) is 80.6 cm³/mol. The van der Waals surface area contributed by atoms with E-state index in [1.165, 1.54) is 4.88 Å². The highest BCUT2D eigenvalue weighted by Crippen LogP contribution is 2.16. The van der Waals surface area contributed by atoms with Gasteiger partial charge in [0.25, 0.3) is 0 Å². The molecule has 1 aliphatic heterocycles. The zero-order chi connectivity index (χ0) is 14.6. The van der Waals surface area contributed by atoms with E-state index in [9.17, 15) is 13.2 Å². The van der Waals surface area contributed by atoms with E-state index in [1.54, 1.807) is 11.3 Å². The summed E-state index contributed by atoms with van der Waals surface area (Å²) in [5.74, 6) is 0.116. The van der Waals surface area contributed by atoms with Gasteiger partial charge in [0.05, 0.1) is 18.1 Å². The van der Waals surface area contributed by atoms with Crippen molar-refractivity contribution in [3.05, 3.63) is 21.9 Å². The van der Waals surface area contributed by atoms with Gasteiger partial charge in [0.2, 0.25) is 5.91 Å². The normalized spacial score (nSPS) is 21.6. The maximum absolute atomic E-state index is 11.8. The number of sulfone groups is 1. The second-order valence-corrected chi connectivity index (χ2v) is 8.45. The molecule has 1 atom stereocenters. The van der Waals surface area contributed by atoms with Crippen molar-refractivity contribution >= 4 is 27.1 Å². The summed E-state index contributed by atoms with van der Waals surface area (Å²) >= 11 is 1.69. The van der Waals surface area contributed by atoms with Crippen molar-refractivity contribution in [3.63, 3.8) is 0 Å². The van der Waals surface area contributed by atoms with Crippen LogP contribution < -0.4 is 10.6 Å². The zero-order valence-corrected chi connectivity index (χ0v) is 13.1. The average Bonchev–Trinajstić information content (AvgIpc) is 2.83. The maximum atomic E-state index is 11.8. The van der Waals surface area contributed by atoms with Crippen LogP contribution in [0.4, 0.5) is 0 Å². The van der Waals surface area contributed by atoms with Gasteiger partial charge >= 0.3 is 0 Å². The molecule has 0 spiro atoms. The van der Waals surface area contributed by atoms with Crippen LogP contribution in [0.15, 0.2) is 12.1 Å². The molecule has 1 aromatic rings. The Morgan fingerprint density at radius 3 is 2.85 bits per heavy atom. The van der Waals surface area contributed by atoms with Crippen molar-refractivity contribution in [2.24, 2.45) is 0 Å². The molecular weight excluding hydrogens is 296 g/mol.